The molecular weight excluding hydrogens is 1340 g/mol. The Bertz CT molecular complexity index is 3820. The van der Waals surface area contributed by atoms with Crippen LogP contribution >= 0.6 is 0 Å². The Labute approximate surface area is 604 Å². The molecule has 0 aromatic heterocycles. The molecule has 2 amide bonds. The van der Waals surface area contributed by atoms with Gasteiger partial charge >= 0.3 is 17.9 Å². The van der Waals surface area contributed by atoms with E-state index in [1.165, 1.54) is 26.2 Å². The molecular formula is C81H89NO22. The van der Waals surface area contributed by atoms with Gasteiger partial charge in [-0.2, -0.15) is 0 Å². The van der Waals surface area contributed by atoms with Gasteiger partial charge in [0.1, 0.15) is 66.4 Å². The highest BCUT2D eigenvalue weighted by molar-refractivity contribution is 6.21. The summed E-state index contributed by atoms with van der Waals surface area (Å²) in [6.45, 7) is 1.82. The van der Waals surface area contributed by atoms with Crippen LogP contribution in [0.3, 0.4) is 0 Å². The molecule has 11 rings (SSSR count). The van der Waals surface area contributed by atoms with E-state index in [4.69, 9.17) is 71.1 Å². The monoisotopic (exact) mass is 1430 g/mol. The molecule has 0 aliphatic carbocycles. The number of hydrogen-bond donors (Lipinski definition) is 1. The van der Waals surface area contributed by atoms with Gasteiger partial charge < -0.3 is 81.0 Å². The van der Waals surface area contributed by atoms with Crippen molar-refractivity contribution < 1.29 is 105 Å². The van der Waals surface area contributed by atoms with Crippen LogP contribution in [0.5, 0.6) is 5.75 Å². The number of fused-ring (bicyclic) bond motifs is 1. The number of carbonyl (C=O) groups excluding carboxylic acids is 6. The van der Waals surface area contributed by atoms with E-state index >= 15 is 0 Å². The van der Waals surface area contributed by atoms with E-state index in [9.17, 15) is 33.9 Å². The molecule has 0 spiro atoms. The normalized spacial score (nSPS) is 25.2. The number of benzene rings is 7. The van der Waals surface area contributed by atoms with Crippen LogP contribution in [0.25, 0.3) is 0 Å². The minimum atomic E-state index is -1.77. The number of esters is 3. The highest BCUT2D eigenvalue weighted by atomic mass is 16.8. The lowest BCUT2D eigenvalue weighted by Gasteiger charge is -2.50. The number of aliphatic hydroxyl groups is 1. The van der Waals surface area contributed by atoms with E-state index in [0.29, 0.717) is 30.6 Å². The zero-order chi connectivity index (χ0) is 72.7. The third-order valence-corrected chi connectivity index (χ3v) is 18.4. The van der Waals surface area contributed by atoms with Crippen LogP contribution in [0, 0.1) is 0 Å². The molecule has 23 nitrogen and oxygen atoms in total. The average Bonchev–Trinajstić information content (AvgIpc) is 1.49. The van der Waals surface area contributed by atoms with Crippen molar-refractivity contribution in [2.45, 2.75) is 177 Å². The number of Topliss-reactive ketones (excluding diaryl/α,β-unsaturated/α-hetero) is 1. The van der Waals surface area contributed by atoms with Gasteiger partial charge in [0.2, 0.25) is 0 Å². The zero-order valence-electron chi connectivity index (χ0n) is 58.6. The molecule has 4 aliphatic heterocycles. The average molecular weight is 1430 g/mol. The first-order valence-corrected chi connectivity index (χ1v) is 35.1. The van der Waals surface area contributed by atoms with Gasteiger partial charge in [-0.3, -0.25) is 24.1 Å². The molecule has 1 N–H and O–H groups in total. The lowest BCUT2D eigenvalue weighted by atomic mass is 9.94. The van der Waals surface area contributed by atoms with Crippen molar-refractivity contribution in [3.05, 3.63) is 245 Å². The fourth-order valence-electron chi connectivity index (χ4n) is 13.0. The molecule has 3 saturated heterocycles. The topological polar surface area (TPSA) is 264 Å². The summed E-state index contributed by atoms with van der Waals surface area (Å²) >= 11 is 0. The maximum atomic E-state index is 15.0. The van der Waals surface area contributed by atoms with Gasteiger partial charge in [-0.1, -0.05) is 170 Å². The van der Waals surface area contributed by atoms with Crippen LogP contribution in [-0.2, 0) is 114 Å². The highest BCUT2D eigenvalue weighted by Gasteiger charge is 2.59. The van der Waals surface area contributed by atoms with E-state index in [1.807, 2.05) is 133 Å². The van der Waals surface area contributed by atoms with Crippen LogP contribution < -0.4 is 4.74 Å². The minimum Gasteiger partial charge on any atom is -0.497 e. The summed E-state index contributed by atoms with van der Waals surface area (Å²) in [4.78, 5) is 84.9. The Kier molecular flexibility index (Phi) is 28.0. The second-order valence-electron chi connectivity index (χ2n) is 25.7. The second-order valence-corrected chi connectivity index (χ2v) is 25.7. The second kappa shape index (κ2) is 38.2. The molecule has 3 fully saturated rings. The molecule has 15 atom stereocenters. The molecule has 7 aromatic rings. The van der Waals surface area contributed by atoms with Crippen LogP contribution in [0.2, 0.25) is 0 Å². The minimum absolute atomic E-state index is 0.00148. The van der Waals surface area contributed by atoms with E-state index in [1.54, 1.807) is 68.6 Å². The Hall–Kier alpha value is -8.92. The first-order chi connectivity index (χ1) is 50.8. The number of amides is 2. The van der Waals surface area contributed by atoms with Gasteiger partial charge in [0, 0.05) is 19.4 Å². The molecule has 104 heavy (non-hydrogen) atoms. The predicted molar refractivity (Wildman–Crippen MR) is 374 cm³/mol. The molecule has 0 radical (unpaired) electrons. The highest BCUT2D eigenvalue weighted by Crippen LogP contribution is 2.40. The van der Waals surface area contributed by atoms with Gasteiger partial charge in [0.05, 0.1) is 89.7 Å². The summed E-state index contributed by atoms with van der Waals surface area (Å²) in [5.41, 5.74) is 4.30. The van der Waals surface area contributed by atoms with Gasteiger partial charge in [-0.05, 0) is 90.9 Å². The van der Waals surface area contributed by atoms with Gasteiger partial charge in [-0.15, -0.1) is 0 Å². The van der Waals surface area contributed by atoms with Crippen LogP contribution in [0.1, 0.15) is 111 Å². The number of rotatable bonds is 36. The lowest BCUT2D eigenvalue weighted by Crippen LogP contribution is -2.68. The van der Waals surface area contributed by atoms with Crippen molar-refractivity contribution in [3.8, 4) is 5.75 Å². The third-order valence-electron chi connectivity index (χ3n) is 18.4. The molecule has 23 heteroatoms. The Balaban J connectivity index is 1.01. The number of aliphatic hydroxyl groups excluding tert-OH is 1. The number of methoxy groups -OCH3 is 2. The van der Waals surface area contributed by atoms with Crippen LogP contribution in [0.4, 0.5) is 0 Å². The van der Waals surface area contributed by atoms with Crippen molar-refractivity contribution in [1.29, 1.82) is 0 Å². The maximum absolute atomic E-state index is 15.0. The zero-order valence-corrected chi connectivity index (χ0v) is 58.6. The number of unbranched alkanes of at least 4 members (excludes halogenated alkanes) is 2. The molecule has 550 valence electrons. The third kappa shape index (κ3) is 20.1. The van der Waals surface area contributed by atoms with Crippen molar-refractivity contribution in [1.82, 2.24) is 4.90 Å². The predicted octanol–water partition coefficient (Wildman–Crippen LogP) is 10.4. The number of ketones is 1. The van der Waals surface area contributed by atoms with Crippen molar-refractivity contribution >= 4 is 35.5 Å². The Morgan fingerprint density at radius 3 is 1.47 bits per heavy atom. The van der Waals surface area contributed by atoms with E-state index in [0.717, 1.165) is 27.2 Å². The largest absolute Gasteiger partial charge is 0.497 e. The smallest absolute Gasteiger partial charge is 0.338 e. The number of nitrogens with zero attached hydrogens (tertiary/aromatic N) is 1. The fourth-order valence-corrected chi connectivity index (χ4v) is 13.0. The number of hydrogen-bond acceptors (Lipinski definition) is 22. The molecule has 4 heterocycles. The Morgan fingerprint density at radius 1 is 0.433 bits per heavy atom. The van der Waals surface area contributed by atoms with E-state index in [-0.39, 0.29) is 87.3 Å². The molecule has 0 bridgehead atoms. The number of ether oxygens (including phenoxy) is 15. The summed E-state index contributed by atoms with van der Waals surface area (Å²) in [5.74, 6) is -3.13. The van der Waals surface area contributed by atoms with Crippen molar-refractivity contribution in [3.63, 3.8) is 0 Å². The molecule has 0 unspecified atom stereocenters. The lowest BCUT2D eigenvalue weighted by molar-refractivity contribution is -0.370. The van der Waals surface area contributed by atoms with Gasteiger partial charge in [0.25, 0.3) is 11.8 Å². The fraction of sp³-hybridized carbons (Fsp3) is 0.407. The van der Waals surface area contributed by atoms with E-state index < -0.39 is 129 Å². The van der Waals surface area contributed by atoms with Gasteiger partial charge in [0.15, 0.2) is 31.1 Å². The van der Waals surface area contributed by atoms with Crippen LogP contribution in [-0.4, -0.2) is 172 Å². The summed E-state index contributed by atoms with van der Waals surface area (Å²) < 4.78 is 99.9. The molecule has 0 saturated carbocycles. The number of carbonyl (C=O) groups is 6. The Morgan fingerprint density at radius 2 is 0.933 bits per heavy atom. The summed E-state index contributed by atoms with van der Waals surface area (Å²) in [7, 11) is 2.87. The summed E-state index contributed by atoms with van der Waals surface area (Å²) in [5, 5.41) is 11.7. The van der Waals surface area contributed by atoms with E-state index in [2.05, 4.69) is 0 Å². The van der Waals surface area contributed by atoms with Crippen LogP contribution in [0.15, 0.2) is 200 Å². The standard InChI is InChI=1S/C81H89NO22/c1-52(84)38-43-66(86)102-70-63(45-83)100-80(75(103-78(89)59-33-19-9-20-34-59)73(70)104-81-74(97-49-57-31-17-8-18-32-57)72(96-48-56-29-15-7-16-30-56)68(53(2)99-81)93-46-54-25-11-5-12-26-54)98-51-64-69(94-50-58-39-41-60(90-3)42-40-58)71(95-47-55-27-13-6-14-28-55)67(79(101-64)92-44-24-10-21-37-65(85)91-4)82-76(87)61-35-22-23-36-62(61)77(82)88/h5-9,11-20,22-23,25-36,39-42,53,63-64,67-75,79-81,83H,10,21,24,37-38,43-51H2,1-4H3/t53-,63+,64+,67+,68+,69+,70-,71+,72+,73-,74-,75+,79+,80-,81+/m0/s1. The molecule has 7 aromatic carbocycles. The van der Waals surface area contributed by atoms with Gasteiger partial charge in [-0.25, -0.2) is 4.79 Å². The first kappa shape index (κ1) is 76.2. The van der Waals surface area contributed by atoms with Crippen molar-refractivity contribution in [2.75, 3.05) is 34.0 Å². The van der Waals surface area contributed by atoms with Crippen molar-refractivity contribution in [2.24, 2.45) is 0 Å². The summed E-state index contributed by atoms with van der Waals surface area (Å²) in [6, 6.07) is 58.2. The summed E-state index contributed by atoms with van der Waals surface area (Å²) in [6.07, 6.45) is -18.1. The quantitative estimate of drug-likeness (QED) is 0.0166. The number of imide groups is 1. The molecule has 4 aliphatic rings. The SMILES string of the molecule is COC(=O)CCCCCO[C@@H]1O[C@H](CO[C@H]2O[C@H](CO)[C@H](OC(=O)CCC(C)=O)[C@H](O[C@H]3O[C@@H](C)[C@@H](OCc4ccccc4)[C@@H](OCc4ccccc4)[C@@H]3OCc3ccccc3)[C@H]2OC(=O)c2ccccc2)[C@@H](OCc2ccc(OC)cc2)[C@H](OCc2ccccc2)[C@H]1N1C(=O)c2ccccc2C1=O. The maximum Gasteiger partial charge on any atom is 0.338 e. The first-order valence-electron chi connectivity index (χ1n) is 35.1.